The van der Waals surface area contributed by atoms with Gasteiger partial charge in [-0.25, -0.2) is 4.79 Å². The van der Waals surface area contributed by atoms with Crippen LogP contribution in [-0.2, 0) is 0 Å². The summed E-state index contributed by atoms with van der Waals surface area (Å²) in [6.45, 7) is 0. The van der Waals surface area contributed by atoms with Crippen LogP contribution in [-0.4, -0.2) is 23.2 Å². The Hall–Kier alpha value is -2.25. The van der Waals surface area contributed by atoms with E-state index in [2.05, 4.69) is 10.6 Å². The molecule has 0 unspecified atom stereocenters. The lowest BCUT2D eigenvalue weighted by molar-refractivity contribution is 0.262. The fourth-order valence-corrected chi connectivity index (χ4v) is 2.94. The summed E-state index contributed by atoms with van der Waals surface area (Å²) < 4.78 is 0. The van der Waals surface area contributed by atoms with E-state index in [0.717, 1.165) is 10.8 Å². The molecule has 0 aliphatic rings. The van der Waals surface area contributed by atoms with Crippen molar-refractivity contribution < 1.29 is 14.8 Å². The third-order valence-corrected chi connectivity index (χ3v) is 4.26. The van der Waals surface area contributed by atoms with Crippen LogP contribution in [0.1, 0.15) is 0 Å². The quantitative estimate of drug-likeness (QED) is 0.530. The molecule has 0 aliphatic heterocycles. The number of nitrogens with one attached hydrogen (secondary N) is 2. The Kier molecular flexibility index (Phi) is 5.15. The molecule has 0 aliphatic carbocycles. The van der Waals surface area contributed by atoms with Gasteiger partial charge in [-0.15, -0.1) is 0 Å². The van der Waals surface area contributed by atoms with Crippen LogP contribution in [0.15, 0.2) is 54.6 Å². The molecule has 0 radical (unpaired) electrons. The summed E-state index contributed by atoms with van der Waals surface area (Å²) in [5.41, 5.74) is 0.878. The summed E-state index contributed by atoms with van der Waals surface area (Å²) >= 11 is 11.9. The first-order valence-electron chi connectivity index (χ1n) is 7.36. The molecule has 0 bridgehead atoms. The number of amides is 2. The molecule has 0 saturated heterocycles. The van der Waals surface area contributed by atoms with Gasteiger partial charge in [-0.05, 0) is 35.0 Å². The highest BCUT2D eigenvalue weighted by Crippen LogP contribution is 2.25. The monoisotopic (exact) mass is 374 g/mol. The van der Waals surface area contributed by atoms with Crippen molar-refractivity contribution in [1.29, 1.82) is 0 Å². The molecule has 4 N–H and O–H groups in total. The molecule has 126 valence electrons. The normalized spacial score (nSPS) is 10.6. The molecular formula is C17H13BCl2N2O3. The first-order valence-corrected chi connectivity index (χ1v) is 8.11. The molecular weight excluding hydrogens is 362 g/mol. The van der Waals surface area contributed by atoms with Gasteiger partial charge in [0.15, 0.2) is 0 Å². The number of benzene rings is 3. The molecule has 0 spiro atoms. The predicted octanol–water partition coefficient (Wildman–Crippen LogP) is 3.47. The Bertz CT molecular complexity index is 950. The predicted molar refractivity (Wildman–Crippen MR) is 103 cm³/mol. The number of halogens is 2. The molecule has 2 amide bonds. The Morgan fingerprint density at radius 1 is 0.880 bits per heavy atom. The van der Waals surface area contributed by atoms with E-state index in [-0.39, 0.29) is 21.2 Å². The Balaban J connectivity index is 1.78. The molecule has 0 heterocycles. The van der Waals surface area contributed by atoms with Crippen LogP contribution in [0.2, 0.25) is 10.0 Å². The number of urea groups is 1. The molecule has 0 aromatic heterocycles. The topological polar surface area (TPSA) is 81.6 Å². The van der Waals surface area contributed by atoms with Crippen LogP contribution in [0.25, 0.3) is 10.8 Å². The lowest BCUT2D eigenvalue weighted by Gasteiger charge is -2.12. The SMILES string of the molecule is O=C(Nc1ccc2ccccc2c1)Nc1cc(B(O)O)c(Cl)cc1Cl. The maximum atomic E-state index is 12.2. The molecule has 8 heteroatoms. The maximum Gasteiger partial charge on any atom is 0.490 e. The largest absolute Gasteiger partial charge is 0.490 e. The summed E-state index contributed by atoms with van der Waals surface area (Å²) in [6.07, 6.45) is 0. The zero-order valence-corrected chi connectivity index (χ0v) is 14.3. The van der Waals surface area contributed by atoms with Crippen molar-refractivity contribution in [3.63, 3.8) is 0 Å². The van der Waals surface area contributed by atoms with Crippen molar-refractivity contribution >= 4 is 64.0 Å². The van der Waals surface area contributed by atoms with Gasteiger partial charge in [0.2, 0.25) is 0 Å². The van der Waals surface area contributed by atoms with Gasteiger partial charge in [0.1, 0.15) is 0 Å². The standard InChI is InChI=1S/C17H13BCl2N2O3/c19-14-9-15(20)16(8-13(14)18(24)25)22-17(23)21-12-6-5-10-3-1-2-4-11(10)7-12/h1-9,24-25H,(H2,21,22,23). The third kappa shape index (κ3) is 4.06. The number of carbonyl (C=O) groups is 1. The number of fused-ring (bicyclic) bond motifs is 1. The summed E-state index contributed by atoms with van der Waals surface area (Å²) in [4.78, 5) is 12.2. The average Bonchev–Trinajstić information content (AvgIpc) is 2.57. The van der Waals surface area contributed by atoms with Gasteiger partial charge in [-0.1, -0.05) is 53.5 Å². The minimum absolute atomic E-state index is 0.0482. The lowest BCUT2D eigenvalue weighted by Crippen LogP contribution is -2.31. The lowest BCUT2D eigenvalue weighted by atomic mass is 9.80. The van der Waals surface area contributed by atoms with Crippen molar-refractivity contribution in [2.24, 2.45) is 0 Å². The molecule has 0 saturated carbocycles. The van der Waals surface area contributed by atoms with Crippen LogP contribution < -0.4 is 16.1 Å². The van der Waals surface area contributed by atoms with Gasteiger partial charge >= 0.3 is 13.1 Å². The highest BCUT2D eigenvalue weighted by molar-refractivity contribution is 6.63. The van der Waals surface area contributed by atoms with E-state index in [1.807, 2.05) is 36.4 Å². The van der Waals surface area contributed by atoms with Crippen LogP contribution in [0.4, 0.5) is 16.2 Å². The first-order chi connectivity index (χ1) is 11.9. The molecule has 3 aromatic carbocycles. The van der Waals surface area contributed by atoms with Crippen molar-refractivity contribution in [2.75, 3.05) is 10.6 Å². The number of rotatable bonds is 3. The Labute approximate surface area is 154 Å². The molecule has 3 rings (SSSR count). The molecule has 25 heavy (non-hydrogen) atoms. The second kappa shape index (κ2) is 7.33. The van der Waals surface area contributed by atoms with Crippen LogP contribution >= 0.6 is 23.2 Å². The number of carbonyl (C=O) groups excluding carboxylic acids is 1. The number of anilines is 2. The van der Waals surface area contributed by atoms with E-state index in [1.54, 1.807) is 6.07 Å². The Morgan fingerprint density at radius 3 is 2.32 bits per heavy atom. The zero-order valence-electron chi connectivity index (χ0n) is 12.8. The first kappa shape index (κ1) is 17.6. The second-order valence-electron chi connectivity index (χ2n) is 5.37. The van der Waals surface area contributed by atoms with E-state index in [4.69, 9.17) is 23.2 Å². The Morgan fingerprint density at radius 2 is 1.60 bits per heavy atom. The van der Waals surface area contributed by atoms with Crippen molar-refractivity contribution in [3.8, 4) is 0 Å². The van der Waals surface area contributed by atoms with E-state index < -0.39 is 13.1 Å². The minimum Gasteiger partial charge on any atom is -0.423 e. The van der Waals surface area contributed by atoms with Crippen molar-refractivity contribution in [2.45, 2.75) is 0 Å². The van der Waals surface area contributed by atoms with E-state index >= 15 is 0 Å². The van der Waals surface area contributed by atoms with Gasteiger partial charge < -0.3 is 20.7 Å². The third-order valence-electron chi connectivity index (χ3n) is 3.62. The fourth-order valence-electron chi connectivity index (χ4n) is 2.41. The highest BCUT2D eigenvalue weighted by Gasteiger charge is 2.18. The van der Waals surface area contributed by atoms with E-state index in [1.165, 1.54) is 12.1 Å². The summed E-state index contributed by atoms with van der Waals surface area (Å²) in [7, 11) is -1.77. The smallest absolute Gasteiger partial charge is 0.423 e. The number of hydrogen-bond acceptors (Lipinski definition) is 3. The molecule has 5 nitrogen and oxygen atoms in total. The van der Waals surface area contributed by atoms with Crippen LogP contribution in [0, 0.1) is 0 Å². The fraction of sp³-hybridized carbons (Fsp3) is 0. The molecule has 0 fully saturated rings. The van der Waals surface area contributed by atoms with E-state index in [0.29, 0.717) is 5.69 Å². The molecule has 0 atom stereocenters. The van der Waals surface area contributed by atoms with Crippen molar-refractivity contribution in [1.82, 2.24) is 0 Å². The van der Waals surface area contributed by atoms with Crippen LogP contribution in [0.3, 0.4) is 0 Å². The van der Waals surface area contributed by atoms with Gasteiger partial charge in [0.05, 0.1) is 10.7 Å². The van der Waals surface area contributed by atoms with Gasteiger partial charge in [0, 0.05) is 16.2 Å². The summed E-state index contributed by atoms with van der Waals surface area (Å²) in [5, 5.41) is 26.2. The number of hydrogen-bond donors (Lipinski definition) is 4. The van der Waals surface area contributed by atoms with Crippen LogP contribution in [0.5, 0.6) is 0 Å². The van der Waals surface area contributed by atoms with Gasteiger partial charge in [0.25, 0.3) is 0 Å². The second-order valence-corrected chi connectivity index (χ2v) is 6.18. The minimum atomic E-state index is -1.77. The maximum absolute atomic E-state index is 12.2. The summed E-state index contributed by atoms with van der Waals surface area (Å²) in [5.74, 6) is 0. The van der Waals surface area contributed by atoms with Gasteiger partial charge in [-0.3, -0.25) is 0 Å². The van der Waals surface area contributed by atoms with Gasteiger partial charge in [-0.2, -0.15) is 0 Å². The average molecular weight is 375 g/mol. The molecule has 3 aromatic rings. The summed E-state index contributed by atoms with van der Waals surface area (Å²) in [6, 6.07) is 15.5. The highest BCUT2D eigenvalue weighted by atomic mass is 35.5. The van der Waals surface area contributed by atoms with Crippen molar-refractivity contribution in [3.05, 3.63) is 64.6 Å². The zero-order chi connectivity index (χ0) is 18.0. The van der Waals surface area contributed by atoms with E-state index in [9.17, 15) is 14.8 Å².